The molecule has 1 heterocycles. The SMILES string of the molecule is CCn1nc(C(F)(F)F)c(CO)c1Cl. The smallest absolute Gasteiger partial charge is 0.391 e. The van der Waals surface area contributed by atoms with Crippen LogP contribution >= 0.6 is 11.6 Å². The Hall–Kier alpha value is -0.750. The normalized spacial score (nSPS) is 12.1. The number of aliphatic hydroxyl groups is 1. The van der Waals surface area contributed by atoms with Gasteiger partial charge in [-0.1, -0.05) is 11.6 Å². The van der Waals surface area contributed by atoms with Crippen molar-refractivity contribution in [3.8, 4) is 0 Å². The van der Waals surface area contributed by atoms with Gasteiger partial charge in [0.1, 0.15) is 5.15 Å². The molecule has 0 aliphatic rings. The van der Waals surface area contributed by atoms with Gasteiger partial charge >= 0.3 is 6.18 Å². The monoisotopic (exact) mass is 228 g/mol. The molecular formula is C7H8ClF3N2O. The van der Waals surface area contributed by atoms with Crippen LogP contribution in [0.2, 0.25) is 5.15 Å². The van der Waals surface area contributed by atoms with E-state index in [1.807, 2.05) is 0 Å². The van der Waals surface area contributed by atoms with Gasteiger partial charge in [0, 0.05) is 12.1 Å². The summed E-state index contributed by atoms with van der Waals surface area (Å²) in [4.78, 5) is 0. The summed E-state index contributed by atoms with van der Waals surface area (Å²) in [7, 11) is 0. The molecule has 0 aliphatic heterocycles. The van der Waals surface area contributed by atoms with E-state index in [4.69, 9.17) is 16.7 Å². The molecule has 0 fully saturated rings. The van der Waals surface area contributed by atoms with Crippen LogP contribution in [0, 0.1) is 0 Å². The molecule has 1 rings (SSSR count). The summed E-state index contributed by atoms with van der Waals surface area (Å²) in [6.07, 6.45) is -4.58. The highest BCUT2D eigenvalue weighted by Gasteiger charge is 2.38. The molecule has 7 heteroatoms. The van der Waals surface area contributed by atoms with Crippen LogP contribution in [-0.2, 0) is 19.3 Å². The first kappa shape index (κ1) is 11.3. The molecule has 0 aliphatic carbocycles. The van der Waals surface area contributed by atoms with Gasteiger partial charge in [-0.25, -0.2) is 0 Å². The molecule has 1 aromatic rings. The Morgan fingerprint density at radius 3 is 2.36 bits per heavy atom. The largest absolute Gasteiger partial charge is 0.435 e. The van der Waals surface area contributed by atoms with E-state index >= 15 is 0 Å². The zero-order chi connectivity index (χ0) is 10.9. The van der Waals surface area contributed by atoms with Gasteiger partial charge in [0.05, 0.1) is 6.61 Å². The number of rotatable bonds is 2. The Balaban J connectivity index is 3.30. The summed E-state index contributed by atoms with van der Waals surface area (Å²) in [5.74, 6) is 0. The molecule has 0 aromatic carbocycles. The van der Waals surface area contributed by atoms with E-state index in [-0.39, 0.29) is 17.3 Å². The summed E-state index contributed by atoms with van der Waals surface area (Å²) in [5, 5.41) is 11.8. The van der Waals surface area contributed by atoms with Crippen LogP contribution in [-0.4, -0.2) is 14.9 Å². The predicted octanol–water partition coefficient (Wildman–Crippen LogP) is 2.07. The second-order valence-electron chi connectivity index (χ2n) is 2.59. The Kier molecular flexibility index (Phi) is 3.06. The van der Waals surface area contributed by atoms with Crippen LogP contribution in [0.4, 0.5) is 13.2 Å². The minimum Gasteiger partial charge on any atom is -0.391 e. The Morgan fingerprint density at radius 2 is 2.07 bits per heavy atom. The average molecular weight is 229 g/mol. The summed E-state index contributed by atoms with van der Waals surface area (Å²) in [6, 6.07) is 0. The fourth-order valence-electron chi connectivity index (χ4n) is 1.06. The van der Waals surface area contributed by atoms with Crippen LogP contribution in [0.3, 0.4) is 0 Å². The quantitative estimate of drug-likeness (QED) is 0.842. The number of halogens is 4. The molecule has 0 unspecified atom stereocenters. The van der Waals surface area contributed by atoms with Gasteiger partial charge in [0.2, 0.25) is 0 Å². The van der Waals surface area contributed by atoms with Crippen molar-refractivity contribution in [2.45, 2.75) is 26.3 Å². The third kappa shape index (κ3) is 1.85. The van der Waals surface area contributed by atoms with Crippen LogP contribution in [0.5, 0.6) is 0 Å². The van der Waals surface area contributed by atoms with Crippen molar-refractivity contribution in [1.82, 2.24) is 9.78 Å². The van der Waals surface area contributed by atoms with Crippen molar-refractivity contribution in [3.63, 3.8) is 0 Å². The van der Waals surface area contributed by atoms with Crippen LogP contribution in [0.1, 0.15) is 18.2 Å². The molecule has 1 N–H and O–H groups in total. The molecule has 0 saturated heterocycles. The van der Waals surface area contributed by atoms with Crippen molar-refractivity contribution in [2.24, 2.45) is 0 Å². The van der Waals surface area contributed by atoms with E-state index in [0.29, 0.717) is 0 Å². The first-order valence-corrected chi connectivity index (χ1v) is 4.22. The number of aromatic nitrogens is 2. The van der Waals surface area contributed by atoms with Crippen molar-refractivity contribution in [3.05, 3.63) is 16.4 Å². The summed E-state index contributed by atoms with van der Waals surface area (Å²) < 4.78 is 38.0. The molecule has 3 nitrogen and oxygen atoms in total. The highest BCUT2D eigenvalue weighted by molar-refractivity contribution is 6.30. The van der Waals surface area contributed by atoms with E-state index in [1.165, 1.54) is 0 Å². The van der Waals surface area contributed by atoms with E-state index in [1.54, 1.807) is 6.92 Å². The Morgan fingerprint density at radius 1 is 1.50 bits per heavy atom. The molecule has 14 heavy (non-hydrogen) atoms. The summed E-state index contributed by atoms with van der Waals surface area (Å²) in [5.41, 5.74) is -1.49. The number of hydrogen-bond donors (Lipinski definition) is 1. The van der Waals surface area contributed by atoms with Crippen molar-refractivity contribution in [2.75, 3.05) is 0 Å². The van der Waals surface area contributed by atoms with Crippen LogP contribution < -0.4 is 0 Å². The van der Waals surface area contributed by atoms with Crippen LogP contribution in [0.15, 0.2) is 0 Å². The van der Waals surface area contributed by atoms with Gasteiger partial charge in [0.25, 0.3) is 0 Å². The lowest BCUT2D eigenvalue weighted by molar-refractivity contribution is -0.142. The summed E-state index contributed by atoms with van der Waals surface area (Å²) in [6.45, 7) is 1.07. The fourth-order valence-corrected chi connectivity index (χ4v) is 1.36. The second-order valence-corrected chi connectivity index (χ2v) is 2.95. The summed E-state index contributed by atoms with van der Waals surface area (Å²) >= 11 is 5.58. The maximum atomic E-state index is 12.3. The predicted molar refractivity (Wildman–Crippen MR) is 43.8 cm³/mol. The molecule has 0 saturated carbocycles. The second kappa shape index (κ2) is 3.78. The topological polar surface area (TPSA) is 38.0 Å². The van der Waals surface area contributed by atoms with Gasteiger partial charge in [-0.2, -0.15) is 18.3 Å². The minimum atomic E-state index is -4.58. The molecule has 0 amide bonds. The zero-order valence-electron chi connectivity index (χ0n) is 7.27. The molecule has 0 atom stereocenters. The number of nitrogens with zero attached hydrogens (tertiary/aromatic N) is 2. The fraction of sp³-hybridized carbons (Fsp3) is 0.571. The average Bonchev–Trinajstić information content (AvgIpc) is 2.41. The van der Waals surface area contributed by atoms with Gasteiger partial charge < -0.3 is 5.11 Å². The van der Waals surface area contributed by atoms with Crippen LogP contribution in [0.25, 0.3) is 0 Å². The number of hydrogen-bond acceptors (Lipinski definition) is 2. The molecule has 0 bridgehead atoms. The van der Waals surface area contributed by atoms with E-state index in [0.717, 1.165) is 4.68 Å². The lowest BCUT2D eigenvalue weighted by atomic mass is 10.2. The standard InChI is InChI=1S/C7H8ClF3N2O/c1-2-13-6(8)4(3-14)5(12-13)7(9,10)11/h14H,2-3H2,1H3. The van der Waals surface area contributed by atoms with Crippen molar-refractivity contribution >= 4 is 11.6 Å². The van der Waals surface area contributed by atoms with E-state index < -0.39 is 18.5 Å². The number of aliphatic hydroxyl groups excluding tert-OH is 1. The lowest BCUT2D eigenvalue weighted by Crippen LogP contribution is -2.09. The van der Waals surface area contributed by atoms with Gasteiger partial charge in [-0.3, -0.25) is 4.68 Å². The molecular weight excluding hydrogens is 221 g/mol. The molecule has 0 spiro atoms. The molecule has 80 valence electrons. The van der Waals surface area contributed by atoms with Gasteiger partial charge in [0.15, 0.2) is 5.69 Å². The molecule has 0 radical (unpaired) electrons. The van der Waals surface area contributed by atoms with Gasteiger partial charge in [-0.15, -0.1) is 0 Å². The highest BCUT2D eigenvalue weighted by atomic mass is 35.5. The number of alkyl halides is 3. The molecule has 1 aromatic heterocycles. The first-order chi connectivity index (χ1) is 6.41. The van der Waals surface area contributed by atoms with E-state index in [2.05, 4.69) is 5.10 Å². The highest BCUT2D eigenvalue weighted by Crippen LogP contribution is 2.34. The lowest BCUT2D eigenvalue weighted by Gasteiger charge is -2.03. The third-order valence-electron chi connectivity index (χ3n) is 1.71. The zero-order valence-corrected chi connectivity index (χ0v) is 8.02. The first-order valence-electron chi connectivity index (χ1n) is 3.85. The third-order valence-corrected chi connectivity index (χ3v) is 2.13. The Labute approximate surface area is 83.1 Å². The van der Waals surface area contributed by atoms with E-state index in [9.17, 15) is 13.2 Å². The van der Waals surface area contributed by atoms with Crippen molar-refractivity contribution in [1.29, 1.82) is 0 Å². The maximum absolute atomic E-state index is 12.3. The maximum Gasteiger partial charge on any atom is 0.435 e. The Bertz CT molecular complexity index is 334. The van der Waals surface area contributed by atoms with Gasteiger partial charge in [-0.05, 0) is 6.92 Å². The minimum absolute atomic E-state index is 0.165. The number of aryl methyl sites for hydroxylation is 1. The van der Waals surface area contributed by atoms with Crippen molar-refractivity contribution < 1.29 is 18.3 Å².